The number of nitrogens with zero attached hydrogens (tertiary/aromatic N) is 6. The first-order chi connectivity index (χ1) is 21.4. The van der Waals surface area contributed by atoms with Crippen LogP contribution in [0, 0.1) is 0 Å². The highest BCUT2D eigenvalue weighted by atomic mass is 32.2. The first-order valence-corrected chi connectivity index (χ1v) is 16.2. The number of hydrogen-bond acceptors (Lipinski definition) is 11. The van der Waals surface area contributed by atoms with Gasteiger partial charge >= 0.3 is 0 Å². The van der Waals surface area contributed by atoms with Gasteiger partial charge in [-0.2, -0.15) is 4.31 Å². The third-order valence-corrected chi connectivity index (χ3v) is 9.87. The van der Waals surface area contributed by atoms with Gasteiger partial charge in [0.15, 0.2) is 0 Å². The van der Waals surface area contributed by atoms with Crippen LogP contribution in [-0.4, -0.2) is 127 Å². The van der Waals surface area contributed by atoms with E-state index in [0.717, 1.165) is 50.4 Å². The quantitative estimate of drug-likeness (QED) is 0.150. The molecule has 236 valence electrons. The average Bonchev–Trinajstić information content (AvgIpc) is 3.07. The Morgan fingerprint density at radius 3 is 2.00 bits per heavy atom. The van der Waals surface area contributed by atoms with Crippen LogP contribution in [0.2, 0.25) is 0 Å². The van der Waals surface area contributed by atoms with Crippen molar-refractivity contribution in [3.05, 3.63) is 72.1 Å². The third kappa shape index (κ3) is 7.95. The number of hydroxylamine groups is 1. The highest BCUT2D eigenvalue weighted by Crippen LogP contribution is 2.25. The number of nitrogens with one attached hydrogen (secondary N) is 1. The number of anilines is 1. The van der Waals surface area contributed by atoms with Crippen molar-refractivity contribution in [2.45, 2.75) is 11.4 Å². The van der Waals surface area contributed by atoms with Crippen molar-refractivity contribution in [1.29, 1.82) is 0 Å². The summed E-state index contributed by atoms with van der Waals surface area (Å²) in [6.07, 6.45) is 2.63. The minimum absolute atomic E-state index is 0.0612. The highest BCUT2D eigenvalue weighted by molar-refractivity contribution is 7.89. The topological polar surface area (TPSA) is 152 Å². The number of carbonyl (C=O) groups is 1. The molecule has 0 atom stereocenters. The number of aliphatic hydroxyl groups is 1. The fraction of sp³-hybridized carbons (Fsp3) is 0.433. The van der Waals surface area contributed by atoms with Crippen molar-refractivity contribution < 1.29 is 28.3 Å². The molecule has 2 saturated heterocycles. The molecule has 0 aliphatic carbocycles. The molecule has 14 heteroatoms. The SMILES string of the molecule is O=C(NO)c1cnc(N2CCN(S(=O)(=O)c3ccc(-c4ccc(CN5CCN(CCOCCO)CC5)cc4)cc3)CC2)nc1. The summed E-state index contributed by atoms with van der Waals surface area (Å²) in [7, 11) is -3.66. The van der Waals surface area contributed by atoms with Crippen molar-refractivity contribution in [3.63, 3.8) is 0 Å². The number of benzene rings is 2. The number of aliphatic hydroxyl groups excluding tert-OH is 1. The molecular weight excluding hydrogens is 586 g/mol. The number of rotatable bonds is 12. The van der Waals surface area contributed by atoms with Crippen LogP contribution in [0.25, 0.3) is 11.1 Å². The van der Waals surface area contributed by atoms with Crippen molar-refractivity contribution in [2.75, 3.05) is 83.6 Å². The summed E-state index contributed by atoms with van der Waals surface area (Å²) < 4.78 is 33.5. The lowest BCUT2D eigenvalue weighted by molar-refractivity contribution is 0.0564. The number of carbonyl (C=O) groups excluding carboxylic acids is 1. The first kappa shape index (κ1) is 31.9. The summed E-state index contributed by atoms with van der Waals surface area (Å²) >= 11 is 0. The van der Waals surface area contributed by atoms with E-state index in [0.29, 0.717) is 32.3 Å². The number of hydrogen-bond donors (Lipinski definition) is 3. The molecule has 2 aliphatic heterocycles. The third-order valence-electron chi connectivity index (χ3n) is 7.96. The Morgan fingerprint density at radius 1 is 0.818 bits per heavy atom. The molecule has 2 aliphatic rings. The predicted octanol–water partition coefficient (Wildman–Crippen LogP) is 0.900. The molecule has 2 fully saturated rings. The van der Waals surface area contributed by atoms with Crippen LogP contribution < -0.4 is 10.4 Å². The molecule has 0 radical (unpaired) electrons. The van der Waals surface area contributed by atoms with Crippen LogP contribution in [0.4, 0.5) is 5.95 Å². The van der Waals surface area contributed by atoms with Crippen molar-refractivity contribution in [3.8, 4) is 11.1 Å². The maximum Gasteiger partial charge on any atom is 0.277 e. The van der Waals surface area contributed by atoms with Gasteiger partial charge in [0.05, 0.1) is 30.3 Å². The van der Waals surface area contributed by atoms with E-state index in [1.165, 1.54) is 27.7 Å². The largest absolute Gasteiger partial charge is 0.394 e. The van der Waals surface area contributed by atoms with Gasteiger partial charge in [-0.25, -0.2) is 23.9 Å². The van der Waals surface area contributed by atoms with E-state index in [9.17, 15) is 13.2 Å². The van der Waals surface area contributed by atoms with Gasteiger partial charge in [-0.05, 0) is 28.8 Å². The average molecular weight is 626 g/mol. The maximum absolute atomic E-state index is 13.3. The fourth-order valence-corrected chi connectivity index (χ4v) is 6.78. The Labute approximate surface area is 257 Å². The van der Waals surface area contributed by atoms with Gasteiger partial charge in [-0.3, -0.25) is 19.8 Å². The van der Waals surface area contributed by atoms with Crippen molar-refractivity contribution in [2.24, 2.45) is 0 Å². The Morgan fingerprint density at radius 2 is 1.41 bits per heavy atom. The second kappa shape index (κ2) is 15.0. The first-order valence-electron chi connectivity index (χ1n) is 14.7. The summed E-state index contributed by atoms with van der Waals surface area (Å²) in [4.78, 5) is 26.8. The van der Waals surface area contributed by atoms with Crippen LogP contribution in [-0.2, 0) is 21.3 Å². The molecule has 0 spiro atoms. The normalized spacial score (nSPS) is 17.1. The molecule has 1 amide bonds. The second-order valence-electron chi connectivity index (χ2n) is 10.8. The summed E-state index contributed by atoms with van der Waals surface area (Å²) in [5, 5.41) is 17.6. The molecule has 3 aromatic rings. The monoisotopic (exact) mass is 625 g/mol. The minimum Gasteiger partial charge on any atom is -0.394 e. The van der Waals surface area contributed by atoms with E-state index in [1.54, 1.807) is 12.1 Å². The standard InChI is InChI=1S/C30H39N7O6S/c38-18-20-43-19-17-34-9-11-35(12-10-34)23-24-1-3-25(4-2-24)26-5-7-28(8-6-26)44(41,42)37-15-13-36(14-16-37)30-31-21-27(22-32-30)29(39)33-40/h1-8,21-22,38,40H,9-20,23H2,(H,33,39). The molecule has 3 heterocycles. The van der Waals surface area contributed by atoms with Gasteiger partial charge in [-0.1, -0.05) is 36.4 Å². The van der Waals surface area contributed by atoms with Gasteiger partial charge in [0.2, 0.25) is 16.0 Å². The van der Waals surface area contributed by atoms with Gasteiger partial charge < -0.3 is 14.7 Å². The van der Waals surface area contributed by atoms with Crippen LogP contribution in [0.1, 0.15) is 15.9 Å². The zero-order valence-electron chi connectivity index (χ0n) is 24.6. The number of piperazine rings is 2. The molecule has 0 bridgehead atoms. The van der Waals surface area contributed by atoms with Gasteiger partial charge in [-0.15, -0.1) is 0 Å². The molecule has 0 saturated carbocycles. The van der Waals surface area contributed by atoms with Crippen molar-refractivity contribution >= 4 is 21.9 Å². The molecular formula is C30H39N7O6S. The number of ether oxygens (including phenoxy) is 1. The number of amides is 1. The molecule has 44 heavy (non-hydrogen) atoms. The molecule has 2 aromatic carbocycles. The van der Waals surface area contributed by atoms with Crippen LogP contribution >= 0.6 is 0 Å². The Hall–Kier alpha value is -3.50. The van der Waals surface area contributed by atoms with Crippen LogP contribution in [0.3, 0.4) is 0 Å². The van der Waals surface area contributed by atoms with E-state index in [2.05, 4.69) is 44.0 Å². The highest BCUT2D eigenvalue weighted by Gasteiger charge is 2.29. The van der Waals surface area contributed by atoms with Crippen LogP contribution in [0.5, 0.6) is 0 Å². The molecule has 1 aromatic heterocycles. The Balaban J connectivity index is 1.11. The zero-order valence-corrected chi connectivity index (χ0v) is 25.4. The summed E-state index contributed by atoms with van der Waals surface area (Å²) in [5.41, 5.74) is 4.88. The number of aromatic nitrogens is 2. The van der Waals surface area contributed by atoms with Gasteiger partial charge in [0.25, 0.3) is 5.91 Å². The molecule has 5 rings (SSSR count). The van der Waals surface area contributed by atoms with Gasteiger partial charge in [0.1, 0.15) is 0 Å². The second-order valence-corrected chi connectivity index (χ2v) is 12.7. The van der Waals surface area contributed by atoms with E-state index < -0.39 is 15.9 Å². The fourth-order valence-electron chi connectivity index (χ4n) is 5.36. The molecule has 3 N–H and O–H groups in total. The minimum atomic E-state index is -3.66. The lowest BCUT2D eigenvalue weighted by Gasteiger charge is -2.34. The molecule has 13 nitrogen and oxygen atoms in total. The summed E-state index contributed by atoms with van der Waals surface area (Å²) in [6.45, 7) is 8.25. The van der Waals surface area contributed by atoms with E-state index in [-0.39, 0.29) is 30.2 Å². The van der Waals surface area contributed by atoms with E-state index in [1.807, 2.05) is 17.0 Å². The molecule has 0 unspecified atom stereocenters. The van der Waals surface area contributed by atoms with Crippen LogP contribution in [0.15, 0.2) is 65.8 Å². The lowest BCUT2D eigenvalue weighted by Crippen LogP contribution is -2.49. The Bertz CT molecular complexity index is 1460. The Kier molecular flexibility index (Phi) is 10.9. The predicted molar refractivity (Wildman–Crippen MR) is 164 cm³/mol. The van der Waals surface area contributed by atoms with Crippen molar-refractivity contribution in [1.82, 2.24) is 29.6 Å². The summed E-state index contributed by atoms with van der Waals surface area (Å²) in [5.74, 6) is -0.304. The summed E-state index contributed by atoms with van der Waals surface area (Å²) in [6, 6.07) is 15.4. The van der Waals surface area contributed by atoms with Gasteiger partial charge in [0, 0.05) is 77.8 Å². The number of sulfonamides is 1. The van der Waals surface area contributed by atoms with E-state index >= 15 is 0 Å². The smallest absolute Gasteiger partial charge is 0.277 e. The van der Waals surface area contributed by atoms with E-state index in [4.69, 9.17) is 15.1 Å². The maximum atomic E-state index is 13.3. The lowest BCUT2D eigenvalue weighted by atomic mass is 10.0. The zero-order chi connectivity index (χ0) is 30.9.